The second kappa shape index (κ2) is 11.0. The fourth-order valence-corrected chi connectivity index (χ4v) is 6.31. The fraction of sp³-hybridized carbons (Fsp3) is 0.500. The van der Waals surface area contributed by atoms with Gasteiger partial charge in [-0.25, -0.2) is 0 Å². The van der Waals surface area contributed by atoms with Gasteiger partial charge in [0.1, 0.15) is 0 Å². The molecule has 1 aliphatic carbocycles. The predicted molar refractivity (Wildman–Crippen MR) is 138 cm³/mol. The summed E-state index contributed by atoms with van der Waals surface area (Å²) in [5.41, 5.74) is 2.63. The van der Waals surface area contributed by atoms with Gasteiger partial charge in [0.2, 0.25) is 5.91 Å². The Hall–Kier alpha value is -2.64. The molecular weight excluding hydrogens is 477 g/mol. The van der Waals surface area contributed by atoms with Crippen LogP contribution < -0.4 is 10.6 Å². The number of amides is 1. The highest BCUT2D eigenvalue weighted by atomic mass is 19.4. The van der Waals surface area contributed by atoms with Crippen LogP contribution in [0.3, 0.4) is 0 Å². The van der Waals surface area contributed by atoms with Crippen molar-refractivity contribution in [2.45, 2.75) is 62.8 Å². The van der Waals surface area contributed by atoms with Crippen molar-refractivity contribution in [3.63, 3.8) is 0 Å². The Kier molecular flexibility index (Phi) is 7.72. The first-order valence-corrected chi connectivity index (χ1v) is 13.4. The van der Waals surface area contributed by atoms with Crippen molar-refractivity contribution in [2.75, 3.05) is 19.6 Å². The maximum Gasteiger partial charge on any atom is 0.416 e. The van der Waals surface area contributed by atoms with Gasteiger partial charge in [-0.05, 0) is 97.3 Å². The summed E-state index contributed by atoms with van der Waals surface area (Å²) in [5.74, 6) is 0.528. The fourth-order valence-electron chi connectivity index (χ4n) is 6.31. The second-order valence-electron chi connectivity index (χ2n) is 10.7. The molecule has 1 amide bonds. The van der Waals surface area contributed by atoms with E-state index in [0.29, 0.717) is 30.9 Å². The average Bonchev–Trinajstić information content (AvgIpc) is 3.02. The molecule has 198 valence electrons. The highest BCUT2D eigenvalue weighted by molar-refractivity contribution is 5.76. The molecule has 0 aromatic heterocycles. The number of halogens is 3. The third-order valence-corrected chi connectivity index (χ3v) is 8.29. The van der Waals surface area contributed by atoms with E-state index >= 15 is 0 Å². The Labute approximate surface area is 216 Å². The lowest BCUT2D eigenvalue weighted by Gasteiger charge is -2.40. The zero-order valence-corrected chi connectivity index (χ0v) is 21.0. The van der Waals surface area contributed by atoms with Crippen LogP contribution in [-0.2, 0) is 15.7 Å². The number of nitrogens with one attached hydrogen (secondary N) is 2. The van der Waals surface area contributed by atoms with Crippen LogP contribution in [0.15, 0.2) is 55.1 Å². The summed E-state index contributed by atoms with van der Waals surface area (Å²) in [6.45, 7) is 6.54. The van der Waals surface area contributed by atoms with Crippen molar-refractivity contribution in [1.29, 1.82) is 0 Å². The third kappa shape index (κ3) is 5.93. The molecule has 2 saturated heterocycles. The Balaban J connectivity index is 1.38. The van der Waals surface area contributed by atoms with Crippen LogP contribution in [0, 0.1) is 11.8 Å². The van der Waals surface area contributed by atoms with Crippen LogP contribution in [0.5, 0.6) is 0 Å². The van der Waals surface area contributed by atoms with Crippen LogP contribution >= 0.6 is 0 Å². The molecular formula is C30H35F3N2O2. The van der Waals surface area contributed by atoms with Gasteiger partial charge in [-0.2, -0.15) is 13.2 Å². The third-order valence-electron chi connectivity index (χ3n) is 8.29. The monoisotopic (exact) mass is 512 g/mol. The number of fused-ring (bicyclic) bond motifs is 3. The van der Waals surface area contributed by atoms with E-state index in [2.05, 4.69) is 29.3 Å². The van der Waals surface area contributed by atoms with Gasteiger partial charge in [-0.3, -0.25) is 4.79 Å². The normalized spacial score (nSPS) is 26.6. The number of carbonyl (C=O) groups is 1. The highest BCUT2D eigenvalue weighted by Gasteiger charge is 2.42. The largest absolute Gasteiger partial charge is 0.416 e. The maximum atomic E-state index is 13.7. The van der Waals surface area contributed by atoms with E-state index in [0.717, 1.165) is 61.5 Å². The van der Waals surface area contributed by atoms with Crippen molar-refractivity contribution in [2.24, 2.45) is 11.8 Å². The van der Waals surface area contributed by atoms with E-state index in [4.69, 9.17) is 4.74 Å². The molecule has 0 unspecified atom stereocenters. The Morgan fingerprint density at radius 1 is 1.05 bits per heavy atom. The summed E-state index contributed by atoms with van der Waals surface area (Å²) >= 11 is 0. The lowest BCUT2D eigenvalue weighted by Crippen LogP contribution is -2.40. The van der Waals surface area contributed by atoms with E-state index in [9.17, 15) is 18.0 Å². The maximum absolute atomic E-state index is 13.7. The minimum Gasteiger partial charge on any atom is -0.368 e. The van der Waals surface area contributed by atoms with Gasteiger partial charge < -0.3 is 15.4 Å². The molecule has 2 aliphatic heterocycles. The minimum absolute atomic E-state index is 0.0191. The van der Waals surface area contributed by atoms with Crippen LogP contribution in [0.25, 0.3) is 5.57 Å². The molecule has 37 heavy (non-hydrogen) atoms. The van der Waals surface area contributed by atoms with E-state index in [1.54, 1.807) is 6.07 Å². The molecule has 5 rings (SSSR count). The number of benzene rings is 2. The molecule has 3 aliphatic rings. The molecule has 2 fully saturated rings. The van der Waals surface area contributed by atoms with Crippen molar-refractivity contribution >= 4 is 11.5 Å². The molecule has 2 heterocycles. The van der Waals surface area contributed by atoms with E-state index < -0.39 is 17.8 Å². The molecule has 7 heteroatoms. The van der Waals surface area contributed by atoms with Gasteiger partial charge in [0, 0.05) is 13.0 Å². The topological polar surface area (TPSA) is 50.4 Å². The number of piperidine rings is 1. The predicted octanol–water partition coefficient (Wildman–Crippen LogP) is 6.25. The van der Waals surface area contributed by atoms with Crippen molar-refractivity contribution in [1.82, 2.24) is 10.6 Å². The van der Waals surface area contributed by atoms with Crippen molar-refractivity contribution < 1.29 is 22.7 Å². The van der Waals surface area contributed by atoms with Gasteiger partial charge in [0.05, 0.1) is 17.8 Å². The highest BCUT2D eigenvalue weighted by Crippen LogP contribution is 2.52. The van der Waals surface area contributed by atoms with E-state index in [1.807, 2.05) is 18.2 Å². The molecule has 0 spiro atoms. The standard InChI is InChI=1S/C30H35F3N2O2/c1-19-15-26(21-5-3-2-4-6-21)25-10-8-23(18-35-28(36)16-20-11-13-34-14-12-20)37-29(25)27-17-22(30(31,32)33)7-9-24(19)27/h2-7,9,17,20,23,25-26,29,34H,1,8,10-16,18H2,(H,35,36)/t23-,25+,26+,29+/m1/s1. The lowest BCUT2D eigenvalue weighted by atomic mass is 9.75. The summed E-state index contributed by atoms with van der Waals surface area (Å²) in [5, 5.41) is 6.35. The van der Waals surface area contributed by atoms with Crippen LogP contribution in [0.2, 0.25) is 0 Å². The van der Waals surface area contributed by atoms with E-state index in [1.165, 1.54) is 6.07 Å². The van der Waals surface area contributed by atoms with Crippen LogP contribution in [0.4, 0.5) is 13.2 Å². The Bertz CT molecular complexity index is 1110. The quantitative estimate of drug-likeness (QED) is 0.498. The van der Waals surface area contributed by atoms with Gasteiger partial charge in [-0.15, -0.1) is 0 Å². The minimum atomic E-state index is -4.44. The van der Waals surface area contributed by atoms with Gasteiger partial charge >= 0.3 is 6.18 Å². The summed E-state index contributed by atoms with van der Waals surface area (Å²) in [7, 11) is 0. The molecule has 4 nitrogen and oxygen atoms in total. The summed E-state index contributed by atoms with van der Waals surface area (Å²) in [6, 6.07) is 14.1. The van der Waals surface area contributed by atoms with Crippen molar-refractivity contribution in [3.8, 4) is 0 Å². The Morgan fingerprint density at radius 2 is 1.81 bits per heavy atom. The first kappa shape index (κ1) is 26.0. The SMILES string of the molecule is C=C1C[C@@H](c2ccccc2)[C@@H]2CC[C@H](CNC(=O)CC3CCNCC3)O[C@@H]2c2cc(C(F)(F)F)ccc21. The zero-order chi connectivity index (χ0) is 26.0. The average molecular weight is 513 g/mol. The zero-order valence-electron chi connectivity index (χ0n) is 21.0. The summed E-state index contributed by atoms with van der Waals surface area (Å²) in [4.78, 5) is 12.6. The number of hydrogen-bond donors (Lipinski definition) is 2. The lowest BCUT2D eigenvalue weighted by molar-refractivity contribution is -0.138. The number of alkyl halides is 3. The number of hydrogen-bond acceptors (Lipinski definition) is 3. The molecule has 2 aromatic carbocycles. The first-order chi connectivity index (χ1) is 17.8. The second-order valence-corrected chi connectivity index (χ2v) is 10.7. The summed E-state index contributed by atoms with van der Waals surface area (Å²) in [6.07, 6.45) is -0.446. The van der Waals surface area contributed by atoms with Gasteiger partial charge in [-0.1, -0.05) is 43.0 Å². The van der Waals surface area contributed by atoms with E-state index in [-0.39, 0.29) is 23.8 Å². The number of ether oxygens (including phenoxy) is 1. The van der Waals surface area contributed by atoms with Crippen LogP contribution in [-0.4, -0.2) is 31.6 Å². The first-order valence-electron chi connectivity index (χ1n) is 13.4. The molecule has 4 atom stereocenters. The molecule has 0 bridgehead atoms. The molecule has 2 aromatic rings. The molecule has 2 N–H and O–H groups in total. The number of carbonyl (C=O) groups excluding carboxylic acids is 1. The van der Waals surface area contributed by atoms with Crippen molar-refractivity contribution in [3.05, 3.63) is 77.4 Å². The smallest absolute Gasteiger partial charge is 0.368 e. The van der Waals surface area contributed by atoms with Crippen LogP contribution in [0.1, 0.15) is 72.8 Å². The Morgan fingerprint density at radius 3 is 2.54 bits per heavy atom. The molecule has 0 radical (unpaired) electrons. The summed E-state index contributed by atoms with van der Waals surface area (Å²) < 4.78 is 47.6. The number of allylic oxidation sites excluding steroid dienone is 1. The van der Waals surface area contributed by atoms with Gasteiger partial charge in [0.15, 0.2) is 0 Å². The van der Waals surface area contributed by atoms with Gasteiger partial charge in [0.25, 0.3) is 0 Å². The number of rotatable bonds is 5. The molecule has 0 saturated carbocycles.